The van der Waals surface area contributed by atoms with Gasteiger partial charge in [-0.3, -0.25) is 0 Å². The second-order valence-electron chi connectivity index (χ2n) is 4.21. The number of aryl methyl sites for hydroxylation is 1. The van der Waals surface area contributed by atoms with Crippen LogP contribution in [0.4, 0.5) is 4.39 Å². The number of nitrogens with one attached hydrogen (secondary N) is 1. The van der Waals surface area contributed by atoms with Crippen LogP contribution in [-0.2, 0) is 12.8 Å². The van der Waals surface area contributed by atoms with Crippen molar-refractivity contribution >= 4 is 12.2 Å². The van der Waals surface area contributed by atoms with Gasteiger partial charge >= 0.3 is 0 Å². The van der Waals surface area contributed by atoms with E-state index < -0.39 is 0 Å². The molecule has 4 heteroatoms. The molecular weight excluding hydrogens is 235 g/mol. The number of benzene rings is 1. The Labute approximate surface area is 104 Å². The summed E-state index contributed by atoms with van der Waals surface area (Å²) in [7, 11) is 0. The Kier molecular flexibility index (Phi) is 2.52. The van der Waals surface area contributed by atoms with Gasteiger partial charge in [0.2, 0.25) is 0 Å². The molecule has 0 saturated heterocycles. The van der Waals surface area contributed by atoms with E-state index in [1.165, 1.54) is 12.1 Å². The van der Waals surface area contributed by atoms with E-state index in [1.54, 1.807) is 6.07 Å². The van der Waals surface area contributed by atoms with Crippen molar-refractivity contribution in [1.82, 2.24) is 9.97 Å². The summed E-state index contributed by atoms with van der Waals surface area (Å²) >= 11 is 5.27. The first-order valence-electron chi connectivity index (χ1n) is 5.62. The van der Waals surface area contributed by atoms with E-state index in [0.717, 1.165) is 36.1 Å². The lowest BCUT2D eigenvalue weighted by atomic mass is 10.2. The predicted octanol–water partition coefficient (Wildman–Crippen LogP) is 3.43. The summed E-state index contributed by atoms with van der Waals surface area (Å²) < 4.78 is 13.8. The zero-order valence-electron chi connectivity index (χ0n) is 9.16. The third-order valence-electron chi connectivity index (χ3n) is 3.06. The summed E-state index contributed by atoms with van der Waals surface area (Å²) in [6.45, 7) is 0. The highest BCUT2D eigenvalue weighted by Gasteiger charge is 2.15. The van der Waals surface area contributed by atoms with Crippen LogP contribution in [0.5, 0.6) is 0 Å². The van der Waals surface area contributed by atoms with Crippen LogP contribution in [0.15, 0.2) is 24.3 Å². The molecule has 0 fully saturated rings. The van der Waals surface area contributed by atoms with E-state index >= 15 is 0 Å². The monoisotopic (exact) mass is 246 g/mol. The average Bonchev–Trinajstić information content (AvgIpc) is 2.77. The molecule has 1 aliphatic carbocycles. The molecule has 0 radical (unpaired) electrons. The second kappa shape index (κ2) is 4.04. The first-order valence-corrected chi connectivity index (χ1v) is 6.03. The molecule has 0 spiro atoms. The van der Waals surface area contributed by atoms with Crippen molar-refractivity contribution in [2.45, 2.75) is 19.3 Å². The van der Waals surface area contributed by atoms with E-state index in [2.05, 4.69) is 9.97 Å². The highest BCUT2D eigenvalue weighted by Crippen LogP contribution is 2.24. The van der Waals surface area contributed by atoms with Crippen LogP contribution in [0.3, 0.4) is 0 Å². The Balaban J connectivity index is 2.16. The summed E-state index contributed by atoms with van der Waals surface area (Å²) in [5.41, 5.74) is 3.05. The SMILES string of the molecule is Fc1cccc(-c2nc(=S)c3c([nH]2)CCC3)c1. The van der Waals surface area contributed by atoms with Gasteiger partial charge in [-0.15, -0.1) is 0 Å². The number of fused-ring (bicyclic) bond motifs is 1. The minimum atomic E-state index is -0.260. The van der Waals surface area contributed by atoms with Crippen LogP contribution >= 0.6 is 12.2 Å². The first kappa shape index (κ1) is 10.6. The lowest BCUT2D eigenvalue weighted by molar-refractivity contribution is 0.628. The van der Waals surface area contributed by atoms with Gasteiger partial charge in [-0.25, -0.2) is 9.37 Å². The number of halogens is 1. The lowest BCUT2D eigenvalue weighted by Gasteiger charge is -2.05. The van der Waals surface area contributed by atoms with Gasteiger partial charge < -0.3 is 4.98 Å². The second-order valence-corrected chi connectivity index (χ2v) is 4.60. The molecule has 0 atom stereocenters. The Hall–Kier alpha value is -1.55. The van der Waals surface area contributed by atoms with Gasteiger partial charge in [-0.1, -0.05) is 24.4 Å². The van der Waals surface area contributed by atoms with Crippen LogP contribution in [0.1, 0.15) is 17.7 Å². The molecule has 0 aliphatic heterocycles. The van der Waals surface area contributed by atoms with Gasteiger partial charge in [0.25, 0.3) is 0 Å². The minimum absolute atomic E-state index is 0.260. The molecule has 1 N–H and O–H groups in total. The Morgan fingerprint density at radius 2 is 2.18 bits per heavy atom. The third kappa shape index (κ3) is 1.89. The zero-order valence-corrected chi connectivity index (χ0v) is 9.98. The van der Waals surface area contributed by atoms with Crippen molar-refractivity contribution in [1.29, 1.82) is 0 Å². The van der Waals surface area contributed by atoms with Gasteiger partial charge in [0.05, 0.1) is 0 Å². The molecule has 86 valence electrons. The minimum Gasteiger partial charge on any atom is -0.343 e. The number of aromatic nitrogens is 2. The molecule has 0 saturated carbocycles. The Morgan fingerprint density at radius 3 is 3.00 bits per heavy atom. The standard InChI is InChI=1S/C13H11FN2S/c14-9-4-1-3-8(7-9)12-15-11-6-2-5-10(11)13(17)16-12/h1,3-4,7H,2,5-6H2,(H,15,16,17). The summed E-state index contributed by atoms with van der Waals surface area (Å²) in [4.78, 5) is 7.61. The average molecular weight is 246 g/mol. The number of rotatable bonds is 1. The molecular formula is C13H11FN2S. The maximum Gasteiger partial charge on any atom is 0.139 e. The van der Waals surface area contributed by atoms with E-state index in [0.29, 0.717) is 10.5 Å². The quantitative estimate of drug-likeness (QED) is 0.781. The molecule has 3 rings (SSSR count). The molecule has 17 heavy (non-hydrogen) atoms. The van der Waals surface area contributed by atoms with E-state index in [4.69, 9.17) is 12.2 Å². The van der Waals surface area contributed by atoms with Crippen molar-refractivity contribution in [2.24, 2.45) is 0 Å². The van der Waals surface area contributed by atoms with Crippen LogP contribution in [-0.4, -0.2) is 9.97 Å². The Morgan fingerprint density at radius 1 is 1.29 bits per heavy atom. The highest BCUT2D eigenvalue weighted by molar-refractivity contribution is 7.71. The fourth-order valence-corrected chi connectivity index (χ4v) is 2.55. The van der Waals surface area contributed by atoms with Crippen LogP contribution in [0.25, 0.3) is 11.4 Å². The van der Waals surface area contributed by atoms with Crippen LogP contribution in [0, 0.1) is 10.5 Å². The molecule has 1 aliphatic rings. The molecule has 1 aromatic carbocycles. The molecule has 1 aromatic heterocycles. The van der Waals surface area contributed by atoms with Crippen molar-refractivity contribution in [2.75, 3.05) is 0 Å². The molecule has 2 nitrogen and oxygen atoms in total. The number of hydrogen-bond donors (Lipinski definition) is 1. The van der Waals surface area contributed by atoms with Crippen LogP contribution < -0.4 is 0 Å². The van der Waals surface area contributed by atoms with Crippen molar-refractivity contribution in [3.05, 3.63) is 46.0 Å². The van der Waals surface area contributed by atoms with E-state index in [9.17, 15) is 4.39 Å². The lowest BCUT2D eigenvalue weighted by Crippen LogP contribution is -1.97. The molecule has 0 bridgehead atoms. The normalized spacial score (nSPS) is 13.7. The summed E-state index contributed by atoms with van der Waals surface area (Å²) in [5.74, 6) is 0.402. The van der Waals surface area contributed by atoms with Gasteiger partial charge in [-0.2, -0.15) is 0 Å². The maximum atomic E-state index is 13.2. The van der Waals surface area contributed by atoms with E-state index in [1.807, 2.05) is 6.07 Å². The largest absolute Gasteiger partial charge is 0.343 e. The fourth-order valence-electron chi connectivity index (χ4n) is 2.23. The van der Waals surface area contributed by atoms with Crippen molar-refractivity contribution in [3.63, 3.8) is 0 Å². The number of nitrogens with zero attached hydrogens (tertiary/aromatic N) is 1. The smallest absolute Gasteiger partial charge is 0.139 e. The maximum absolute atomic E-state index is 13.2. The first-order chi connectivity index (χ1) is 8.24. The third-order valence-corrected chi connectivity index (χ3v) is 3.39. The summed E-state index contributed by atoms with van der Waals surface area (Å²) in [6.07, 6.45) is 3.12. The van der Waals surface area contributed by atoms with Gasteiger partial charge in [0.1, 0.15) is 16.3 Å². The zero-order chi connectivity index (χ0) is 11.8. The molecule has 1 heterocycles. The number of H-pyrrole nitrogens is 1. The van der Waals surface area contributed by atoms with Gasteiger partial charge in [0, 0.05) is 16.8 Å². The number of hydrogen-bond acceptors (Lipinski definition) is 2. The van der Waals surface area contributed by atoms with Gasteiger partial charge in [0.15, 0.2) is 0 Å². The predicted molar refractivity (Wildman–Crippen MR) is 66.8 cm³/mol. The van der Waals surface area contributed by atoms with Crippen molar-refractivity contribution in [3.8, 4) is 11.4 Å². The van der Waals surface area contributed by atoms with Gasteiger partial charge in [-0.05, 0) is 31.4 Å². The number of aromatic amines is 1. The fraction of sp³-hybridized carbons (Fsp3) is 0.231. The highest BCUT2D eigenvalue weighted by atomic mass is 32.1. The Bertz CT molecular complexity index is 634. The van der Waals surface area contributed by atoms with Crippen molar-refractivity contribution < 1.29 is 4.39 Å². The molecule has 0 unspecified atom stereocenters. The molecule has 2 aromatic rings. The summed E-state index contributed by atoms with van der Waals surface area (Å²) in [6, 6.07) is 6.40. The summed E-state index contributed by atoms with van der Waals surface area (Å²) in [5, 5.41) is 0. The van der Waals surface area contributed by atoms with Crippen LogP contribution in [0.2, 0.25) is 0 Å². The van der Waals surface area contributed by atoms with E-state index in [-0.39, 0.29) is 5.82 Å². The molecule has 0 amide bonds. The topological polar surface area (TPSA) is 28.7 Å².